The van der Waals surface area contributed by atoms with E-state index in [1.165, 1.54) is 18.6 Å². The largest absolute Gasteiger partial charge is 0.497 e. The molecule has 0 N–H and O–H groups in total. The molecule has 26 heavy (non-hydrogen) atoms. The third kappa shape index (κ3) is 4.07. The highest BCUT2D eigenvalue weighted by Gasteiger charge is 2.16. The van der Waals surface area contributed by atoms with Crippen molar-refractivity contribution in [3.8, 4) is 22.8 Å². The lowest BCUT2D eigenvalue weighted by molar-refractivity contribution is 0.404. The zero-order chi connectivity index (χ0) is 18.5. The molecule has 0 amide bonds. The number of hydrogen-bond donors (Lipinski definition) is 0. The first-order chi connectivity index (χ1) is 12.6. The van der Waals surface area contributed by atoms with Crippen molar-refractivity contribution in [2.45, 2.75) is 32.6 Å². The summed E-state index contributed by atoms with van der Waals surface area (Å²) in [5.74, 6) is 1.57. The topological polar surface area (TPSA) is 48.1 Å². The van der Waals surface area contributed by atoms with Crippen LogP contribution in [-0.4, -0.2) is 31.2 Å². The molecule has 0 saturated heterocycles. The van der Waals surface area contributed by atoms with Gasteiger partial charge in [0.1, 0.15) is 11.5 Å². The molecule has 0 spiro atoms. The van der Waals surface area contributed by atoms with Crippen molar-refractivity contribution in [2.75, 3.05) is 20.8 Å². The molecule has 1 heterocycles. The molecule has 2 aromatic rings. The second-order valence-corrected chi connectivity index (χ2v) is 7.26. The fourth-order valence-corrected chi connectivity index (χ4v) is 3.75. The maximum Gasteiger partial charge on any atom is 0.206 e. The summed E-state index contributed by atoms with van der Waals surface area (Å²) >= 11 is 1.58. The van der Waals surface area contributed by atoms with Crippen LogP contribution in [0.4, 0.5) is 0 Å². The molecule has 3 rings (SSSR count). The molecule has 1 aromatic carbocycles. The highest BCUT2D eigenvalue weighted by molar-refractivity contribution is 7.07. The molecule has 1 saturated carbocycles. The smallest absolute Gasteiger partial charge is 0.206 e. The van der Waals surface area contributed by atoms with Gasteiger partial charge in [0.25, 0.3) is 0 Å². The van der Waals surface area contributed by atoms with Gasteiger partial charge in [0, 0.05) is 16.7 Å². The van der Waals surface area contributed by atoms with E-state index in [1.807, 2.05) is 29.8 Å². The Labute approximate surface area is 158 Å². The molecule has 138 valence electrons. The van der Waals surface area contributed by atoms with Crippen LogP contribution >= 0.6 is 11.3 Å². The second-order valence-electron chi connectivity index (χ2n) is 6.43. The Hall–Kier alpha value is -2.34. The maximum absolute atomic E-state index is 5.57. The monoisotopic (exact) mass is 371 g/mol. The fraction of sp³-hybridized carbons (Fsp3) is 0.400. The van der Waals surface area contributed by atoms with E-state index in [1.54, 1.807) is 25.6 Å². The van der Waals surface area contributed by atoms with Crippen LogP contribution in [0.3, 0.4) is 0 Å². The molecule has 1 fully saturated rings. The Kier molecular flexibility index (Phi) is 5.93. The first-order valence-corrected chi connectivity index (χ1v) is 9.65. The van der Waals surface area contributed by atoms with E-state index < -0.39 is 0 Å². The average molecular weight is 372 g/mol. The Bertz CT molecular complexity index is 885. The minimum atomic E-state index is 0.597. The van der Waals surface area contributed by atoms with Crippen molar-refractivity contribution in [1.29, 1.82) is 0 Å². The van der Waals surface area contributed by atoms with Gasteiger partial charge >= 0.3 is 0 Å². The normalized spacial score (nSPS) is 14.6. The van der Waals surface area contributed by atoms with Crippen molar-refractivity contribution in [1.82, 2.24) is 4.68 Å². The summed E-state index contributed by atoms with van der Waals surface area (Å²) in [7, 11) is 3.34. The van der Waals surface area contributed by atoms with Gasteiger partial charge in [-0.25, -0.2) is 4.68 Å². The first-order valence-electron chi connectivity index (χ1n) is 8.77. The number of methoxy groups -OCH3 is 2. The highest BCUT2D eigenvalue weighted by Crippen LogP contribution is 2.34. The Morgan fingerprint density at radius 2 is 2.00 bits per heavy atom. The third-order valence-electron chi connectivity index (χ3n) is 4.27. The number of aromatic nitrogens is 1. The summed E-state index contributed by atoms with van der Waals surface area (Å²) in [5.41, 5.74) is 4.16. The number of ether oxygens (including phenoxy) is 2. The van der Waals surface area contributed by atoms with Crippen LogP contribution in [0.25, 0.3) is 11.3 Å². The molecule has 0 bridgehead atoms. The van der Waals surface area contributed by atoms with Gasteiger partial charge < -0.3 is 9.47 Å². The number of hydrogen-bond acceptors (Lipinski definition) is 5. The summed E-state index contributed by atoms with van der Waals surface area (Å²) in [5, 5.41) is 7.00. The van der Waals surface area contributed by atoms with Gasteiger partial charge in [-0.15, -0.1) is 11.3 Å². The first kappa shape index (κ1) is 18.5. The standard InChI is InChI=1S/C20H25N3O2S/c1-14(2)12-21-20-23(22-15-7-5-6-8-15)18(13-26-20)17-11-16(24-3)9-10-19(17)25-4/h9-11,13H,1,5-8,12H2,2-4H3. The number of rotatable bonds is 6. The summed E-state index contributed by atoms with van der Waals surface area (Å²) in [6.07, 6.45) is 4.52. The predicted molar refractivity (Wildman–Crippen MR) is 107 cm³/mol. The van der Waals surface area contributed by atoms with E-state index in [-0.39, 0.29) is 0 Å². The zero-order valence-electron chi connectivity index (χ0n) is 15.6. The molecule has 1 aromatic heterocycles. The summed E-state index contributed by atoms with van der Waals surface area (Å²) < 4.78 is 12.9. The van der Waals surface area contributed by atoms with E-state index >= 15 is 0 Å². The molecule has 5 nitrogen and oxygen atoms in total. The molecule has 6 heteroatoms. The highest BCUT2D eigenvalue weighted by atomic mass is 32.1. The molecular formula is C20H25N3O2S. The van der Waals surface area contributed by atoms with Crippen molar-refractivity contribution >= 4 is 17.0 Å². The van der Waals surface area contributed by atoms with Gasteiger partial charge in [-0.2, -0.15) is 5.10 Å². The lowest BCUT2D eigenvalue weighted by Crippen LogP contribution is -2.14. The van der Waals surface area contributed by atoms with Crippen LogP contribution < -0.4 is 14.3 Å². The van der Waals surface area contributed by atoms with Crippen molar-refractivity contribution in [3.05, 3.63) is 40.5 Å². The van der Waals surface area contributed by atoms with Crippen LogP contribution in [0.2, 0.25) is 0 Å². The predicted octanol–water partition coefficient (Wildman–Crippen LogP) is 4.49. The Morgan fingerprint density at radius 1 is 1.23 bits per heavy atom. The van der Waals surface area contributed by atoms with Gasteiger partial charge in [0.15, 0.2) is 0 Å². The molecule has 0 radical (unpaired) electrons. The second kappa shape index (κ2) is 8.36. The van der Waals surface area contributed by atoms with Crippen LogP contribution in [0, 0.1) is 0 Å². The lowest BCUT2D eigenvalue weighted by Gasteiger charge is -2.11. The van der Waals surface area contributed by atoms with E-state index in [2.05, 4.69) is 12.0 Å². The van der Waals surface area contributed by atoms with Gasteiger partial charge in [0.05, 0.1) is 26.5 Å². The van der Waals surface area contributed by atoms with Crippen LogP contribution in [0.1, 0.15) is 32.6 Å². The lowest BCUT2D eigenvalue weighted by atomic mass is 10.1. The summed E-state index contributed by atoms with van der Waals surface area (Å²) in [6, 6.07) is 5.80. The fourth-order valence-electron chi connectivity index (χ4n) is 2.93. The number of nitrogens with zero attached hydrogens (tertiary/aromatic N) is 3. The Balaban J connectivity index is 2.17. The van der Waals surface area contributed by atoms with E-state index in [0.29, 0.717) is 6.54 Å². The maximum atomic E-state index is 5.57. The zero-order valence-corrected chi connectivity index (χ0v) is 16.4. The van der Waals surface area contributed by atoms with Gasteiger partial charge in [0.2, 0.25) is 4.80 Å². The van der Waals surface area contributed by atoms with Crippen molar-refractivity contribution < 1.29 is 9.47 Å². The minimum absolute atomic E-state index is 0.597. The van der Waals surface area contributed by atoms with Crippen LogP contribution in [0.15, 0.2) is 45.8 Å². The quantitative estimate of drug-likeness (QED) is 0.703. The molecule has 1 aliphatic carbocycles. The number of thiazole rings is 1. The minimum Gasteiger partial charge on any atom is -0.497 e. The SMILES string of the molecule is C=C(C)CN=c1scc(-c2cc(OC)ccc2OC)n1N=C1CCCC1. The van der Waals surface area contributed by atoms with Gasteiger partial charge in [-0.3, -0.25) is 4.99 Å². The third-order valence-corrected chi connectivity index (χ3v) is 5.13. The molecule has 0 unspecified atom stereocenters. The molecule has 0 aliphatic heterocycles. The van der Waals surface area contributed by atoms with Crippen molar-refractivity contribution in [3.63, 3.8) is 0 Å². The number of benzene rings is 1. The van der Waals surface area contributed by atoms with Crippen LogP contribution in [0.5, 0.6) is 11.5 Å². The molecule has 0 atom stereocenters. The Morgan fingerprint density at radius 3 is 2.65 bits per heavy atom. The molecule has 1 aliphatic rings. The van der Waals surface area contributed by atoms with E-state index in [9.17, 15) is 0 Å². The van der Waals surface area contributed by atoms with E-state index in [0.717, 1.165) is 46.0 Å². The average Bonchev–Trinajstić information content (AvgIpc) is 3.30. The van der Waals surface area contributed by atoms with Gasteiger partial charge in [-0.1, -0.05) is 12.2 Å². The summed E-state index contributed by atoms with van der Waals surface area (Å²) in [6.45, 7) is 6.53. The molecular weight excluding hydrogens is 346 g/mol. The van der Waals surface area contributed by atoms with Crippen LogP contribution in [-0.2, 0) is 0 Å². The van der Waals surface area contributed by atoms with E-state index in [4.69, 9.17) is 19.6 Å². The van der Waals surface area contributed by atoms with Gasteiger partial charge in [-0.05, 0) is 50.8 Å². The van der Waals surface area contributed by atoms with Crippen molar-refractivity contribution in [2.24, 2.45) is 10.1 Å². The summed E-state index contributed by atoms with van der Waals surface area (Å²) in [4.78, 5) is 5.56.